The van der Waals surface area contributed by atoms with E-state index in [9.17, 15) is 10.5 Å². The van der Waals surface area contributed by atoms with Gasteiger partial charge in [0.25, 0.3) is 0 Å². The summed E-state index contributed by atoms with van der Waals surface area (Å²) in [6.07, 6.45) is 3.92. The number of hydrogen-bond acceptors (Lipinski definition) is 4. The van der Waals surface area contributed by atoms with Crippen molar-refractivity contribution in [2.75, 3.05) is 0 Å². The molecule has 1 spiro atoms. The second-order valence-corrected chi connectivity index (χ2v) is 15.2. The summed E-state index contributed by atoms with van der Waals surface area (Å²) in [5.74, 6) is 0. The Morgan fingerprint density at radius 3 is 1.07 bits per heavy atom. The summed E-state index contributed by atoms with van der Waals surface area (Å²) in [5, 5.41) is 18.6. The van der Waals surface area contributed by atoms with Crippen molar-refractivity contribution in [3.8, 4) is 90.3 Å². The Hall–Kier alpha value is -8.18. The molecule has 4 heteroatoms. The lowest BCUT2D eigenvalue weighted by molar-refractivity contribution is 0.776. The van der Waals surface area contributed by atoms with Gasteiger partial charge in [-0.05, 0) is 115 Å². The van der Waals surface area contributed by atoms with Crippen LogP contribution in [0.5, 0.6) is 0 Å². The van der Waals surface area contributed by atoms with Crippen molar-refractivity contribution in [2.24, 2.45) is 0 Å². The Labute approximate surface area is 342 Å². The van der Waals surface area contributed by atoms with Gasteiger partial charge in [0, 0.05) is 34.6 Å². The van der Waals surface area contributed by atoms with Crippen molar-refractivity contribution in [3.63, 3.8) is 0 Å². The summed E-state index contributed by atoms with van der Waals surface area (Å²) in [7, 11) is 0. The Balaban J connectivity index is 1.14. The highest BCUT2D eigenvalue weighted by molar-refractivity contribution is 5.98. The zero-order valence-electron chi connectivity index (χ0n) is 31.8. The zero-order valence-corrected chi connectivity index (χ0v) is 31.8. The van der Waals surface area contributed by atoms with E-state index in [-0.39, 0.29) is 0 Å². The smallest absolute Gasteiger partial charge is 0.0991 e. The van der Waals surface area contributed by atoms with E-state index in [1.165, 1.54) is 55.6 Å². The van der Waals surface area contributed by atoms with Gasteiger partial charge in [-0.3, -0.25) is 9.97 Å². The van der Waals surface area contributed by atoms with Gasteiger partial charge in [0.15, 0.2) is 0 Å². The first-order valence-corrected chi connectivity index (χ1v) is 19.7. The van der Waals surface area contributed by atoms with Gasteiger partial charge < -0.3 is 0 Å². The second-order valence-electron chi connectivity index (χ2n) is 15.2. The van der Waals surface area contributed by atoms with Crippen LogP contribution in [0, 0.1) is 22.7 Å². The second kappa shape index (κ2) is 13.5. The minimum atomic E-state index is -0.658. The molecule has 0 fully saturated rings. The highest BCUT2D eigenvalue weighted by Gasteiger charge is 2.49. The lowest BCUT2D eigenvalue weighted by atomic mass is 9.65. The third kappa shape index (κ3) is 5.29. The van der Waals surface area contributed by atoms with E-state index in [2.05, 4.69) is 146 Å². The zero-order chi connectivity index (χ0) is 39.5. The Kier molecular flexibility index (Phi) is 7.80. The van der Waals surface area contributed by atoms with Crippen molar-refractivity contribution in [2.45, 2.75) is 5.41 Å². The molecule has 7 aromatic carbocycles. The van der Waals surface area contributed by atoms with Crippen LogP contribution in [0.15, 0.2) is 194 Å². The van der Waals surface area contributed by atoms with Gasteiger partial charge in [-0.1, -0.05) is 133 Å². The van der Waals surface area contributed by atoms with E-state index in [0.29, 0.717) is 11.1 Å². The maximum atomic E-state index is 9.31. The molecular formula is C55H32N4. The number of fused-ring (bicyclic) bond motifs is 12. The molecule has 2 heterocycles. The molecule has 4 nitrogen and oxygen atoms in total. The fourth-order valence-corrected chi connectivity index (χ4v) is 9.35. The summed E-state index contributed by atoms with van der Waals surface area (Å²) in [4.78, 5) is 9.84. The van der Waals surface area contributed by atoms with Crippen molar-refractivity contribution < 1.29 is 0 Å². The molecule has 0 unspecified atom stereocenters. The standard InChI is InChI=1S/C55H32N4/c56-31-35-13-17-37(18-14-35)53-27-23-41(33-58-53)39-21-25-47-43-7-1-2-8-44(43)48-26-22-40(42-24-28-54(59-34-42)38-19-15-36(32-57)16-20-38)30-52(48)55(51(47)29-39)49-11-5-3-9-45(49)46-10-4-6-12-50(46)55/h1-30,33-34H. The number of rotatable bonds is 4. The number of pyridine rings is 2. The van der Waals surface area contributed by atoms with Gasteiger partial charge >= 0.3 is 0 Å². The van der Waals surface area contributed by atoms with Crippen LogP contribution < -0.4 is 0 Å². The first-order valence-electron chi connectivity index (χ1n) is 19.7. The van der Waals surface area contributed by atoms with Crippen LogP contribution in [0.25, 0.3) is 78.1 Å². The van der Waals surface area contributed by atoms with Gasteiger partial charge in [0.2, 0.25) is 0 Å². The molecule has 272 valence electrons. The summed E-state index contributed by atoms with van der Waals surface area (Å²) in [5.41, 5.74) is 20.7. The SMILES string of the molecule is N#Cc1ccc(-c2ccc(-c3ccc4c(c3)C3(c5cc(-c6ccc(-c7ccc(C#N)cc7)nc6)ccc5-c5ccccc5-4)c4ccccc4-c4ccccc43)cn2)cc1. The molecule has 59 heavy (non-hydrogen) atoms. The lowest BCUT2D eigenvalue weighted by Gasteiger charge is -2.36. The molecule has 0 N–H and O–H groups in total. The first kappa shape index (κ1) is 34.1. The molecule has 0 saturated heterocycles. The van der Waals surface area contributed by atoms with E-state index in [1.54, 1.807) is 0 Å². The Bertz CT molecular complexity index is 2980. The summed E-state index contributed by atoms with van der Waals surface area (Å²) >= 11 is 0. The van der Waals surface area contributed by atoms with Gasteiger partial charge in [0.1, 0.15) is 0 Å². The summed E-state index contributed by atoms with van der Waals surface area (Å²) in [6.45, 7) is 0. The number of aromatic nitrogens is 2. The van der Waals surface area contributed by atoms with Crippen molar-refractivity contribution in [3.05, 3.63) is 228 Å². The highest BCUT2D eigenvalue weighted by Crippen LogP contribution is 2.62. The van der Waals surface area contributed by atoms with Crippen molar-refractivity contribution in [1.29, 1.82) is 10.5 Å². The maximum Gasteiger partial charge on any atom is 0.0991 e. The minimum absolute atomic E-state index is 0.629. The Morgan fingerprint density at radius 2 is 0.678 bits per heavy atom. The number of nitriles is 2. The van der Waals surface area contributed by atoms with E-state index in [1.807, 2.05) is 60.9 Å². The molecule has 0 amide bonds. The van der Waals surface area contributed by atoms with E-state index >= 15 is 0 Å². The number of hydrogen-bond donors (Lipinski definition) is 0. The van der Waals surface area contributed by atoms with Crippen LogP contribution in [0.2, 0.25) is 0 Å². The third-order valence-electron chi connectivity index (χ3n) is 12.1. The average Bonchev–Trinajstić information content (AvgIpc) is 3.56. The number of benzene rings is 7. The van der Waals surface area contributed by atoms with Crippen LogP contribution in [-0.4, -0.2) is 9.97 Å². The molecule has 2 aromatic heterocycles. The molecule has 2 aliphatic carbocycles. The van der Waals surface area contributed by atoms with Gasteiger partial charge in [-0.15, -0.1) is 0 Å². The minimum Gasteiger partial charge on any atom is -0.256 e. The van der Waals surface area contributed by atoms with Crippen LogP contribution in [0.4, 0.5) is 0 Å². The highest BCUT2D eigenvalue weighted by atomic mass is 14.7. The molecule has 2 aliphatic rings. The predicted octanol–water partition coefficient (Wildman–Crippen LogP) is 12.9. The lowest BCUT2D eigenvalue weighted by Crippen LogP contribution is -2.29. The molecule has 0 atom stereocenters. The topological polar surface area (TPSA) is 73.4 Å². The largest absolute Gasteiger partial charge is 0.256 e. The predicted molar refractivity (Wildman–Crippen MR) is 235 cm³/mol. The van der Waals surface area contributed by atoms with Crippen LogP contribution in [0.3, 0.4) is 0 Å². The fourth-order valence-electron chi connectivity index (χ4n) is 9.35. The van der Waals surface area contributed by atoms with Crippen LogP contribution >= 0.6 is 0 Å². The van der Waals surface area contributed by atoms with Crippen LogP contribution in [-0.2, 0) is 5.41 Å². The fraction of sp³-hybridized carbons (Fsp3) is 0.0182. The van der Waals surface area contributed by atoms with Crippen LogP contribution in [0.1, 0.15) is 33.4 Å². The molecular weight excluding hydrogens is 717 g/mol. The van der Waals surface area contributed by atoms with E-state index < -0.39 is 5.41 Å². The number of nitrogens with zero attached hydrogens (tertiary/aromatic N) is 4. The first-order chi connectivity index (χ1) is 29.1. The van der Waals surface area contributed by atoms with Gasteiger partial charge in [-0.2, -0.15) is 10.5 Å². The molecule has 0 saturated carbocycles. The monoisotopic (exact) mass is 748 g/mol. The molecule has 0 radical (unpaired) electrons. The van der Waals surface area contributed by atoms with Crippen molar-refractivity contribution in [1.82, 2.24) is 9.97 Å². The maximum absolute atomic E-state index is 9.31. The third-order valence-corrected chi connectivity index (χ3v) is 12.1. The molecule has 0 aliphatic heterocycles. The quantitative estimate of drug-likeness (QED) is 0.180. The van der Waals surface area contributed by atoms with Gasteiger partial charge in [-0.25, -0.2) is 0 Å². The van der Waals surface area contributed by atoms with Crippen molar-refractivity contribution >= 4 is 0 Å². The summed E-state index contributed by atoms with van der Waals surface area (Å²) in [6, 6.07) is 68.5. The van der Waals surface area contributed by atoms with E-state index in [4.69, 9.17) is 9.97 Å². The van der Waals surface area contributed by atoms with Gasteiger partial charge in [0.05, 0.1) is 40.1 Å². The normalized spacial score (nSPS) is 12.5. The average molecular weight is 749 g/mol. The van der Waals surface area contributed by atoms with E-state index in [0.717, 1.165) is 44.8 Å². The molecule has 11 rings (SSSR count). The summed E-state index contributed by atoms with van der Waals surface area (Å²) < 4.78 is 0. The molecule has 9 aromatic rings. The molecule has 0 bridgehead atoms. The Morgan fingerprint density at radius 1 is 0.322 bits per heavy atom.